The third-order valence-corrected chi connectivity index (χ3v) is 4.29. The maximum absolute atomic E-state index is 12.8. The highest BCUT2D eigenvalue weighted by Gasteiger charge is 2.36. The molecule has 2 aliphatic rings. The van der Waals surface area contributed by atoms with Crippen molar-refractivity contribution in [2.75, 3.05) is 13.7 Å². The molecule has 0 aromatic heterocycles. The van der Waals surface area contributed by atoms with Crippen molar-refractivity contribution >= 4 is 17.4 Å². The molecule has 0 bridgehead atoms. The van der Waals surface area contributed by atoms with Crippen LogP contribution in [-0.4, -0.2) is 36.5 Å². The van der Waals surface area contributed by atoms with Gasteiger partial charge in [-0.05, 0) is 36.8 Å². The average Bonchev–Trinajstić information content (AvgIpc) is 3.02. The highest BCUT2D eigenvalue weighted by Crippen LogP contribution is 2.30. The molecular formula is C17H19NO3. The smallest absolute Gasteiger partial charge is 0.328 e. The minimum atomic E-state index is -0.433. The first kappa shape index (κ1) is 13.9. The molecule has 0 N–H and O–H groups in total. The molecule has 1 aromatic rings. The summed E-state index contributed by atoms with van der Waals surface area (Å²) in [5.41, 5.74) is 2.94. The molecule has 4 heteroatoms. The Kier molecular flexibility index (Phi) is 3.78. The molecule has 21 heavy (non-hydrogen) atoms. The number of hydrogen-bond acceptors (Lipinski definition) is 3. The number of rotatable bonds is 2. The molecule has 0 saturated carbocycles. The van der Waals surface area contributed by atoms with Crippen molar-refractivity contribution in [1.82, 2.24) is 4.90 Å². The summed E-state index contributed by atoms with van der Waals surface area (Å²) in [5, 5.41) is 0. The van der Waals surface area contributed by atoms with Crippen LogP contribution in [0.4, 0.5) is 0 Å². The summed E-state index contributed by atoms with van der Waals surface area (Å²) >= 11 is 0. The van der Waals surface area contributed by atoms with Crippen LogP contribution >= 0.6 is 0 Å². The zero-order chi connectivity index (χ0) is 14.8. The minimum Gasteiger partial charge on any atom is -0.467 e. The number of methoxy groups -OCH3 is 1. The maximum Gasteiger partial charge on any atom is 0.328 e. The van der Waals surface area contributed by atoms with Gasteiger partial charge in [-0.25, -0.2) is 4.79 Å². The van der Waals surface area contributed by atoms with Gasteiger partial charge in [-0.3, -0.25) is 4.79 Å². The number of allylic oxidation sites excluding steroid dienone is 1. The van der Waals surface area contributed by atoms with Gasteiger partial charge in [0.1, 0.15) is 6.04 Å². The molecule has 1 heterocycles. The monoisotopic (exact) mass is 285 g/mol. The molecule has 1 atom stereocenters. The van der Waals surface area contributed by atoms with Crippen LogP contribution in [0.5, 0.6) is 0 Å². The van der Waals surface area contributed by atoms with E-state index in [1.165, 1.54) is 12.7 Å². The summed E-state index contributed by atoms with van der Waals surface area (Å²) in [6.07, 6.45) is 5.37. The van der Waals surface area contributed by atoms with Gasteiger partial charge in [0.25, 0.3) is 5.91 Å². The predicted molar refractivity (Wildman–Crippen MR) is 79.5 cm³/mol. The molecule has 3 rings (SSSR count). The van der Waals surface area contributed by atoms with Crippen molar-refractivity contribution in [2.45, 2.75) is 31.7 Å². The van der Waals surface area contributed by atoms with E-state index in [0.717, 1.165) is 30.4 Å². The lowest BCUT2D eigenvalue weighted by Crippen LogP contribution is -2.41. The number of benzene rings is 1. The van der Waals surface area contributed by atoms with Gasteiger partial charge in [0, 0.05) is 12.1 Å². The molecule has 1 aliphatic carbocycles. The summed E-state index contributed by atoms with van der Waals surface area (Å²) in [6.45, 7) is 0.623. The Labute approximate surface area is 124 Å². The maximum atomic E-state index is 12.8. The normalized spacial score (nSPS) is 20.7. The van der Waals surface area contributed by atoms with Gasteiger partial charge in [0.05, 0.1) is 7.11 Å². The number of likely N-dealkylation sites (tertiary alicyclic amines) is 1. The quantitative estimate of drug-likeness (QED) is 0.782. The van der Waals surface area contributed by atoms with E-state index in [9.17, 15) is 9.59 Å². The Balaban J connectivity index is 1.89. The average molecular weight is 285 g/mol. The lowest BCUT2D eigenvalue weighted by Gasteiger charge is -2.26. The molecule has 1 fully saturated rings. The van der Waals surface area contributed by atoms with Crippen molar-refractivity contribution in [3.63, 3.8) is 0 Å². The standard InChI is InChI=1S/C17H19NO3/c1-21-17(20)15-10-5-11-18(15)16(19)14-9-4-7-12-6-2-3-8-13(12)14/h2-3,6,8-9,15H,4-5,7,10-11H2,1H3. The van der Waals surface area contributed by atoms with Gasteiger partial charge in [-0.2, -0.15) is 0 Å². The van der Waals surface area contributed by atoms with Crippen LogP contribution in [0, 0.1) is 0 Å². The number of carbonyl (C=O) groups is 2. The van der Waals surface area contributed by atoms with Crippen molar-refractivity contribution in [3.8, 4) is 0 Å². The predicted octanol–water partition coefficient (Wildman–Crippen LogP) is 2.18. The molecular weight excluding hydrogens is 266 g/mol. The lowest BCUT2D eigenvalue weighted by molar-refractivity contribution is -0.149. The van der Waals surface area contributed by atoms with Crippen LogP contribution in [-0.2, 0) is 20.7 Å². The van der Waals surface area contributed by atoms with E-state index in [1.807, 2.05) is 24.3 Å². The van der Waals surface area contributed by atoms with Gasteiger partial charge < -0.3 is 9.64 Å². The number of hydrogen-bond donors (Lipinski definition) is 0. The zero-order valence-electron chi connectivity index (χ0n) is 12.2. The van der Waals surface area contributed by atoms with Gasteiger partial charge in [0.2, 0.25) is 0 Å². The first-order valence-electron chi connectivity index (χ1n) is 7.39. The first-order valence-corrected chi connectivity index (χ1v) is 7.39. The fourth-order valence-electron chi connectivity index (χ4n) is 3.23. The number of ether oxygens (including phenoxy) is 1. The second-order valence-electron chi connectivity index (χ2n) is 5.49. The summed E-state index contributed by atoms with van der Waals surface area (Å²) < 4.78 is 4.82. The fourth-order valence-corrected chi connectivity index (χ4v) is 3.23. The van der Waals surface area contributed by atoms with Crippen molar-refractivity contribution in [3.05, 3.63) is 41.5 Å². The van der Waals surface area contributed by atoms with Crippen LogP contribution in [0.2, 0.25) is 0 Å². The van der Waals surface area contributed by atoms with E-state index in [0.29, 0.717) is 13.0 Å². The molecule has 4 nitrogen and oxygen atoms in total. The second-order valence-corrected chi connectivity index (χ2v) is 5.49. The van der Waals surface area contributed by atoms with E-state index in [-0.39, 0.29) is 11.9 Å². The van der Waals surface area contributed by atoms with Crippen LogP contribution in [0.15, 0.2) is 30.3 Å². The molecule has 0 spiro atoms. The van der Waals surface area contributed by atoms with E-state index < -0.39 is 6.04 Å². The van der Waals surface area contributed by atoms with Gasteiger partial charge in [0.15, 0.2) is 0 Å². The van der Waals surface area contributed by atoms with Crippen LogP contribution < -0.4 is 0 Å². The molecule has 1 saturated heterocycles. The topological polar surface area (TPSA) is 46.6 Å². The molecule has 1 aliphatic heterocycles. The highest BCUT2D eigenvalue weighted by atomic mass is 16.5. The second kappa shape index (κ2) is 5.72. The third kappa shape index (κ3) is 2.46. The number of aryl methyl sites for hydroxylation is 1. The zero-order valence-corrected chi connectivity index (χ0v) is 12.2. The van der Waals surface area contributed by atoms with Gasteiger partial charge in [-0.1, -0.05) is 30.3 Å². The Hall–Kier alpha value is -2.10. The summed E-state index contributed by atoms with van der Waals surface area (Å²) in [5.74, 6) is -0.361. The molecule has 110 valence electrons. The minimum absolute atomic E-state index is 0.0462. The van der Waals surface area contributed by atoms with E-state index in [4.69, 9.17) is 4.74 Å². The van der Waals surface area contributed by atoms with E-state index in [2.05, 4.69) is 6.07 Å². The molecule has 1 unspecified atom stereocenters. The summed E-state index contributed by atoms with van der Waals surface area (Å²) in [6, 6.07) is 7.57. The SMILES string of the molecule is COC(=O)C1CCCN1C(=O)C1=CCCc2ccccc21. The summed E-state index contributed by atoms with van der Waals surface area (Å²) in [4.78, 5) is 26.3. The third-order valence-electron chi connectivity index (χ3n) is 4.29. The molecule has 0 radical (unpaired) electrons. The van der Waals surface area contributed by atoms with Gasteiger partial charge >= 0.3 is 5.97 Å². The van der Waals surface area contributed by atoms with Crippen LogP contribution in [0.3, 0.4) is 0 Å². The first-order chi connectivity index (χ1) is 10.2. The number of carbonyl (C=O) groups excluding carboxylic acids is 2. The Morgan fingerprint density at radius 3 is 2.90 bits per heavy atom. The van der Waals surface area contributed by atoms with E-state index in [1.54, 1.807) is 4.90 Å². The number of esters is 1. The van der Waals surface area contributed by atoms with Crippen LogP contribution in [0.25, 0.3) is 5.57 Å². The molecule has 1 amide bonds. The lowest BCUT2D eigenvalue weighted by atomic mass is 9.90. The van der Waals surface area contributed by atoms with Crippen molar-refractivity contribution in [1.29, 1.82) is 0 Å². The van der Waals surface area contributed by atoms with Crippen LogP contribution in [0.1, 0.15) is 30.4 Å². The number of fused-ring (bicyclic) bond motifs is 1. The Bertz CT molecular complexity index is 606. The van der Waals surface area contributed by atoms with Crippen molar-refractivity contribution < 1.29 is 14.3 Å². The highest BCUT2D eigenvalue weighted by molar-refractivity contribution is 6.20. The molecule has 1 aromatic carbocycles. The van der Waals surface area contributed by atoms with Crippen molar-refractivity contribution in [2.24, 2.45) is 0 Å². The number of amides is 1. The van der Waals surface area contributed by atoms with Gasteiger partial charge in [-0.15, -0.1) is 0 Å². The fraction of sp³-hybridized carbons (Fsp3) is 0.412. The van der Waals surface area contributed by atoms with E-state index >= 15 is 0 Å². The summed E-state index contributed by atoms with van der Waals surface area (Å²) in [7, 11) is 1.37. The largest absolute Gasteiger partial charge is 0.467 e. The Morgan fingerprint density at radius 1 is 1.29 bits per heavy atom. The Morgan fingerprint density at radius 2 is 2.10 bits per heavy atom. The number of nitrogens with zero attached hydrogens (tertiary/aromatic N) is 1.